The molecular weight excluding hydrogens is 426 g/mol. The van der Waals surface area contributed by atoms with Gasteiger partial charge in [0.25, 0.3) is 0 Å². The lowest BCUT2D eigenvalue weighted by molar-refractivity contribution is 0.0524. The molecule has 1 aliphatic heterocycles. The first kappa shape index (κ1) is 22.1. The van der Waals surface area contributed by atoms with Crippen molar-refractivity contribution in [3.8, 4) is 11.5 Å². The molecule has 3 N–H and O–H groups in total. The number of rotatable bonds is 8. The van der Waals surface area contributed by atoms with E-state index in [9.17, 15) is 9.90 Å². The van der Waals surface area contributed by atoms with E-state index in [2.05, 4.69) is 15.3 Å². The number of nitrogens with one attached hydrogen (secondary N) is 1. The van der Waals surface area contributed by atoms with Gasteiger partial charge in [-0.25, -0.2) is 14.8 Å². The first-order valence-electron chi connectivity index (χ1n) is 10.4. The summed E-state index contributed by atoms with van der Waals surface area (Å²) in [6.07, 6.45) is 4.83. The highest BCUT2D eigenvalue weighted by Crippen LogP contribution is 2.40. The highest BCUT2D eigenvalue weighted by Gasteiger charge is 2.28. The molecule has 0 saturated carbocycles. The number of hydrogen-bond acceptors (Lipinski definition) is 9. The minimum atomic E-state index is -0.738. The minimum Gasteiger partial charge on any atom is -0.504 e. The largest absolute Gasteiger partial charge is 0.504 e. The van der Waals surface area contributed by atoms with Gasteiger partial charge >= 0.3 is 5.97 Å². The summed E-state index contributed by atoms with van der Waals surface area (Å²) < 4.78 is 16.6. The number of esters is 1. The third kappa shape index (κ3) is 4.58. The number of benzene rings is 1. The summed E-state index contributed by atoms with van der Waals surface area (Å²) >= 11 is 0. The van der Waals surface area contributed by atoms with Crippen LogP contribution in [0.2, 0.25) is 0 Å². The monoisotopic (exact) mass is 449 g/mol. The summed E-state index contributed by atoms with van der Waals surface area (Å²) in [5.74, 6) is -0.0284. The molecule has 9 nitrogen and oxygen atoms in total. The molecule has 0 aliphatic carbocycles. The van der Waals surface area contributed by atoms with Gasteiger partial charge in [-0.3, -0.25) is 0 Å². The van der Waals surface area contributed by atoms with Crippen LogP contribution in [0.3, 0.4) is 0 Å². The lowest BCUT2D eigenvalue weighted by Crippen LogP contribution is -2.08. The molecular formula is C24H23N3O6. The van der Waals surface area contributed by atoms with Crippen molar-refractivity contribution in [2.45, 2.75) is 13.8 Å². The van der Waals surface area contributed by atoms with Crippen molar-refractivity contribution in [2.24, 2.45) is 4.99 Å². The predicted octanol–water partition coefficient (Wildman–Crippen LogP) is 4.24. The molecule has 0 amide bonds. The number of nitrogens with zero attached hydrogens (tertiary/aromatic N) is 2. The SMILES string of the molecule is CCOC(=O)c1c(Nc2ccc(C)cc2OCCO)oc(C=C2C=Nc3ncccc32)c1O. The van der Waals surface area contributed by atoms with Gasteiger partial charge in [0.1, 0.15) is 12.4 Å². The molecule has 4 rings (SSSR count). The number of allylic oxidation sites excluding steroid dienone is 1. The van der Waals surface area contributed by atoms with Gasteiger partial charge in [0, 0.05) is 23.5 Å². The maximum atomic E-state index is 12.6. The number of carbonyl (C=O) groups excluding carboxylic acids is 1. The molecule has 0 radical (unpaired) electrons. The van der Waals surface area contributed by atoms with E-state index in [1.165, 1.54) is 0 Å². The molecule has 0 bridgehead atoms. The van der Waals surface area contributed by atoms with E-state index < -0.39 is 5.97 Å². The van der Waals surface area contributed by atoms with Crippen molar-refractivity contribution in [1.29, 1.82) is 0 Å². The van der Waals surface area contributed by atoms with E-state index in [0.717, 1.165) is 11.1 Å². The van der Waals surface area contributed by atoms with Crippen LogP contribution in [0.1, 0.15) is 34.2 Å². The molecule has 33 heavy (non-hydrogen) atoms. The highest BCUT2D eigenvalue weighted by atomic mass is 16.5. The Bertz CT molecular complexity index is 1240. The summed E-state index contributed by atoms with van der Waals surface area (Å²) in [7, 11) is 0. The Balaban J connectivity index is 1.76. The number of aromatic hydroxyl groups is 1. The third-order valence-electron chi connectivity index (χ3n) is 4.83. The molecule has 1 aromatic carbocycles. The zero-order valence-electron chi connectivity index (χ0n) is 18.2. The molecule has 170 valence electrons. The van der Waals surface area contributed by atoms with E-state index >= 15 is 0 Å². The molecule has 0 saturated heterocycles. The summed E-state index contributed by atoms with van der Waals surface area (Å²) in [4.78, 5) is 21.1. The van der Waals surface area contributed by atoms with Crippen molar-refractivity contribution in [1.82, 2.24) is 4.98 Å². The second kappa shape index (κ2) is 9.58. The van der Waals surface area contributed by atoms with Crippen LogP contribution in [0, 0.1) is 6.92 Å². The number of ether oxygens (including phenoxy) is 2. The van der Waals surface area contributed by atoms with E-state index in [1.807, 2.05) is 19.1 Å². The molecule has 3 aromatic rings. The Morgan fingerprint density at radius 1 is 1.30 bits per heavy atom. The number of furan rings is 1. The number of pyridine rings is 1. The van der Waals surface area contributed by atoms with Crippen molar-refractivity contribution < 1.29 is 28.9 Å². The van der Waals surface area contributed by atoms with Gasteiger partial charge < -0.3 is 29.4 Å². The van der Waals surface area contributed by atoms with E-state index in [1.54, 1.807) is 43.6 Å². The van der Waals surface area contributed by atoms with Gasteiger partial charge in [0.15, 0.2) is 22.9 Å². The van der Waals surface area contributed by atoms with Gasteiger partial charge in [-0.2, -0.15) is 0 Å². The van der Waals surface area contributed by atoms with Crippen LogP contribution < -0.4 is 10.1 Å². The summed E-state index contributed by atoms with van der Waals surface area (Å²) in [5.41, 5.74) is 2.74. The smallest absolute Gasteiger partial charge is 0.347 e. The van der Waals surface area contributed by atoms with E-state index in [4.69, 9.17) is 19.0 Å². The lowest BCUT2D eigenvalue weighted by atomic mass is 10.1. The number of aliphatic hydroxyl groups is 1. The van der Waals surface area contributed by atoms with Crippen LogP contribution in [0.5, 0.6) is 11.5 Å². The van der Waals surface area contributed by atoms with Gasteiger partial charge in [0.2, 0.25) is 5.88 Å². The van der Waals surface area contributed by atoms with Gasteiger partial charge in [-0.05, 0) is 49.8 Å². The van der Waals surface area contributed by atoms with Crippen LogP contribution in [0.15, 0.2) is 45.9 Å². The van der Waals surface area contributed by atoms with Crippen molar-refractivity contribution in [3.05, 3.63) is 59.0 Å². The molecule has 3 heterocycles. The number of aromatic nitrogens is 1. The Labute approximate surface area is 190 Å². The fraction of sp³-hybridized carbons (Fsp3) is 0.208. The van der Waals surface area contributed by atoms with Gasteiger partial charge in [-0.1, -0.05) is 6.07 Å². The first-order chi connectivity index (χ1) is 16.0. The summed E-state index contributed by atoms with van der Waals surface area (Å²) in [6.45, 7) is 3.64. The quantitative estimate of drug-likeness (QED) is 0.436. The van der Waals surface area contributed by atoms with Gasteiger partial charge in [0.05, 0.1) is 18.9 Å². The zero-order valence-corrected chi connectivity index (χ0v) is 18.2. The number of hydrogen-bond donors (Lipinski definition) is 3. The summed E-state index contributed by atoms with van der Waals surface area (Å²) in [5, 5.41) is 23.0. The number of fused-ring (bicyclic) bond motifs is 1. The van der Waals surface area contributed by atoms with E-state index in [0.29, 0.717) is 22.8 Å². The number of carbonyl (C=O) groups is 1. The molecule has 9 heteroatoms. The zero-order chi connectivity index (χ0) is 23.4. The molecule has 1 aliphatic rings. The second-order valence-corrected chi connectivity index (χ2v) is 7.17. The molecule has 2 aromatic heterocycles. The topological polar surface area (TPSA) is 126 Å². The Morgan fingerprint density at radius 3 is 2.94 bits per heavy atom. The maximum Gasteiger partial charge on any atom is 0.347 e. The Kier molecular flexibility index (Phi) is 6.41. The van der Waals surface area contributed by atoms with Crippen LogP contribution in [0.4, 0.5) is 17.4 Å². The summed E-state index contributed by atoms with van der Waals surface area (Å²) in [6, 6.07) is 9.02. The third-order valence-corrected chi connectivity index (χ3v) is 4.83. The average molecular weight is 449 g/mol. The highest BCUT2D eigenvalue weighted by molar-refractivity contribution is 6.21. The van der Waals surface area contributed by atoms with Crippen LogP contribution in [-0.2, 0) is 4.74 Å². The molecule has 0 unspecified atom stereocenters. The molecule has 0 spiro atoms. The van der Waals surface area contributed by atoms with Crippen molar-refractivity contribution >= 4 is 41.2 Å². The average Bonchev–Trinajstić information content (AvgIpc) is 3.35. The number of aliphatic hydroxyl groups excluding tert-OH is 1. The van der Waals surface area contributed by atoms with Crippen LogP contribution in [-0.4, -0.2) is 47.2 Å². The maximum absolute atomic E-state index is 12.6. The Morgan fingerprint density at radius 2 is 2.15 bits per heavy atom. The fourth-order valence-corrected chi connectivity index (χ4v) is 3.33. The number of anilines is 2. The van der Waals surface area contributed by atoms with Crippen molar-refractivity contribution in [2.75, 3.05) is 25.1 Å². The van der Waals surface area contributed by atoms with Crippen molar-refractivity contribution in [3.63, 3.8) is 0 Å². The second-order valence-electron chi connectivity index (χ2n) is 7.17. The number of aryl methyl sites for hydroxylation is 1. The standard InChI is InChI=1S/C24H23N3O6/c1-3-31-24(30)20-21(29)19(12-15-13-26-22-16(15)5-4-8-25-22)33-23(20)27-17-7-6-14(2)11-18(17)32-10-9-28/h4-8,11-13,27-29H,3,9-10H2,1-2H3. The Hall–Kier alpha value is -4.11. The number of aliphatic imine (C=N–C) groups is 1. The lowest BCUT2D eigenvalue weighted by Gasteiger charge is -2.13. The van der Waals surface area contributed by atoms with E-state index in [-0.39, 0.29) is 42.8 Å². The molecule has 0 fully saturated rings. The first-order valence-corrected chi connectivity index (χ1v) is 10.4. The normalized spacial score (nSPS) is 13.2. The van der Waals surface area contributed by atoms with Gasteiger partial charge in [-0.15, -0.1) is 0 Å². The van der Waals surface area contributed by atoms with Crippen LogP contribution >= 0.6 is 0 Å². The minimum absolute atomic E-state index is 0.00292. The molecule has 0 atom stereocenters. The predicted molar refractivity (Wildman–Crippen MR) is 124 cm³/mol. The van der Waals surface area contributed by atoms with Crippen LogP contribution in [0.25, 0.3) is 11.6 Å². The fourth-order valence-electron chi connectivity index (χ4n) is 3.33.